The van der Waals surface area contributed by atoms with E-state index in [9.17, 15) is 9.59 Å². The van der Waals surface area contributed by atoms with E-state index in [-0.39, 0.29) is 66.5 Å². The highest BCUT2D eigenvalue weighted by Gasteiger charge is 2.59. The minimum atomic E-state index is -4.60. The number of aromatic nitrogens is 2. The molecule has 9 aliphatic heterocycles. The summed E-state index contributed by atoms with van der Waals surface area (Å²) in [7, 11) is 3.64. The standard InChI is InChI=1S/C62H86F3N11O8/c1-36(2)52(73-14-12-61(32-73)13-15-74(33-61)58(79)55-53(69(55)6)38-8-9-38)56(77)67-48-26-44-29-72(20-21-83-44)40-10-11-49-45(24-40)47(27-60(4,5)35-84-59(80)51-39-22-41(23-39)76(68-51)57(48)78)54(75(49)34-62(63,64)65)46-25-42(28-66-50(46)37(3)81-7)70-16-18-71(19-17-70)43-30-82-31-43/h10-11,24-25,28,36-39,41,43-44,48,51-53,55,68H,8-9,12-23,26-27,29-35H2,1-7H3,(H,67,77)/t37-,39?,41?,44-,48-,51-,52-,53+,55+,61-,69?/m0/s1. The molecule has 84 heavy (non-hydrogen) atoms. The van der Waals surface area contributed by atoms with Crippen LogP contribution in [0.2, 0.25) is 0 Å². The SMILES string of the molecule is CO[C@@H](C)c1ncc(N2CCN(C3COC3)CC2)cc1-c1c2c3cc(ccc3n1CC(F)(F)F)N1CCO[C@@H](C[C@H](NC(=O)[C@H](C(C)C)N3CC[C@]4(CCN(C(=O)[C@H]5[C@@H](C6CC6)N5C)C4)C3)C(=O)N3N[C@H](C(=O)OCC(C)(C)C2)C2CC3C2)C1. The summed E-state index contributed by atoms with van der Waals surface area (Å²) in [6.45, 7) is 17.0. The number of ether oxygens (including phenoxy) is 4. The number of nitrogens with zero attached hydrogens (tertiary/aromatic N) is 9. The van der Waals surface area contributed by atoms with E-state index < -0.39 is 54.4 Å². The van der Waals surface area contributed by atoms with Crippen LogP contribution in [-0.4, -0.2) is 218 Å². The van der Waals surface area contributed by atoms with Crippen LogP contribution in [0.15, 0.2) is 30.5 Å². The average molecular weight is 1170 g/mol. The number of nitrogens with one attached hydrogen (secondary N) is 2. The predicted octanol–water partition coefficient (Wildman–Crippen LogP) is 5.24. The number of esters is 1. The molecular weight excluding hydrogens is 1080 g/mol. The van der Waals surface area contributed by atoms with Gasteiger partial charge >= 0.3 is 12.1 Å². The summed E-state index contributed by atoms with van der Waals surface area (Å²) in [6.07, 6.45) is 1.80. The Labute approximate surface area is 491 Å². The van der Waals surface area contributed by atoms with Crippen LogP contribution in [0, 0.1) is 28.6 Å². The van der Waals surface area contributed by atoms with Gasteiger partial charge in [0, 0.05) is 118 Å². The van der Waals surface area contributed by atoms with Gasteiger partial charge in [-0.2, -0.15) is 13.2 Å². The molecule has 3 aromatic rings. The highest BCUT2D eigenvalue weighted by atomic mass is 19.4. The molecule has 1 unspecified atom stereocenters. The zero-order valence-corrected chi connectivity index (χ0v) is 50.0. The molecule has 10 fully saturated rings. The fourth-order valence-electron chi connectivity index (χ4n) is 15.8. The van der Waals surface area contributed by atoms with Crippen LogP contribution in [0.4, 0.5) is 24.5 Å². The Bertz CT molecular complexity index is 3010. The van der Waals surface area contributed by atoms with Crippen molar-refractivity contribution >= 4 is 46.0 Å². The van der Waals surface area contributed by atoms with Crippen molar-refractivity contribution < 1.29 is 51.3 Å². The maximum atomic E-state index is 15.3. The Hall–Kier alpha value is -5.10. The van der Waals surface area contributed by atoms with Crippen molar-refractivity contribution in [1.82, 2.24) is 44.9 Å². The maximum Gasteiger partial charge on any atom is 0.406 e. The van der Waals surface area contributed by atoms with Crippen molar-refractivity contribution in [3.63, 3.8) is 0 Å². The van der Waals surface area contributed by atoms with Crippen LogP contribution in [0.1, 0.15) is 96.9 Å². The van der Waals surface area contributed by atoms with Gasteiger partial charge in [0.1, 0.15) is 24.7 Å². The number of carbonyl (C=O) groups excluding carboxylic acids is 4. The van der Waals surface area contributed by atoms with Gasteiger partial charge in [0.2, 0.25) is 11.8 Å². The van der Waals surface area contributed by atoms with Gasteiger partial charge in [-0.05, 0) is 113 Å². The highest BCUT2D eigenvalue weighted by molar-refractivity contribution is 5.95. The summed E-state index contributed by atoms with van der Waals surface area (Å²) in [6, 6.07) is 5.76. The fourth-order valence-corrected chi connectivity index (χ4v) is 15.8. The number of hydrazine groups is 1. The molecule has 458 valence electrons. The number of morpholine rings is 1. The molecule has 0 radical (unpaired) electrons. The number of fused-ring (bicyclic) bond motifs is 4. The number of likely N-dealkylation sites (tertiary alicyclic amines) is 2. The first kappa shape index (κ1) is 57.9. The van der Waals surface area contributed by atoms with Gasteiger partial charge < -0.3 is 43.5 Å². The first-order chi connectivity index (χ1) is 40.1. The van der Waals surface area contributed by atoms with Crippen LogP contribution in [0.5, 0.6) is 0 Å². The summed E-state index contributed by atoms with van der Waals surface area (Å²) >= 11 is 0. The molecular formula is C62H86F3N11O8. The summed E-state index contributed by atoms with van der Waals surface area (Å²) in [5.41, 5.74) is 6.48. The van der Waals surface area contributed by atoms with E-state index >= 15 is 22.8 Å². The van der Waals surface area contributed by atoms with E-state index in [1.807, 2.05) is 59.0 Å². The van der Waals surface area contributed by atoms with E-state index in [0.29, 0.717) is 130 Å². The largest absolute Gasteiger partial charge is 0.464 e. The number of piperazine rings is 1. The molecule has 8 saturated heterocycles. The second kappa shape index (κ2) is 22.2. The number of halogens is 3. The Kier molecular flexibility index (Phi) is 15.3. The summed E-state index contributed by atoms with van der Waals surface area (Å²) in [5.74, 6) is -0.418. The quantitative estimate of drug-likeness (QED) is 0.179. The van der Waals surface area contributed by atoms with Crippen molar-refractivity contribution in [2.45, 2.75) is 153 Å². The van der Waals surface area contributed by atoms with Crippen LogP contribution in [-0.2, 0) is 51.1 Å². The van der Waals surface area contributed by atoms with E-state index in [2.05, 4.69) is 47.2 Å². The predicted molar refractivity (Wildman–Crippen MR) is 309 cm³/mol. The molecule has 11 heterocycles. The zero-order valence-electron chi connectivity index (χ0n) is 50.0. The molecule has 9 atom stereocenters. The summed E-state index contributed by atoms with van der Waals surface area (Å²) in [4.78, 5) is 77.1. The molecule has 2 aliphatic carbocycles. The van der Waals surface area contributed by atoms with Crippen molar-refractivity contribution in [3.05, 3.63) is 41.7 Å². The number of pyridine rings is 1. The fraction of sp³-hybridized carbons (Fsp3) is 0.726. The average Bonchev–Trinajstić information content (AvgIpc) is 3.58. The minimum Gasteiger partial charge on any atom is -0.464 e. The van der Waals surface area contributed by atoms with Crippen molar-refractivity contribution in [2.24, 2.45) is 28.6 Å². The molecule has 2 aromatic heterocycles. The third kappa shape index (κ3) is 11.1. The number of alkyl halides is 3. The van der Waals surface area contributed by atoms with Gasteiger partial charge in [-0.25, -0.2) is 5.43 Å². The van der Waals surface area contributed by atoms with Gasteiger partial charge in [0.25, 0.3) is 5.91 Å². The lowest BCUT2D eigenvalue weighted by Gasteiger charge is -2.53. The molecule has 8 bridgehead atoms. The highest BCUT2D eigenvalue weighted by Crippen LogP contribution is 2.49. The Morgan fingerprint density at radius 3 is 2.38 bits per heavy atom. The third-order valence-corrected chi connectivity index (χ3v) is 20.8. The molecule has 11 aliphatic rings. The number of hydrogen-bond acceptors (Lipinski definition) is 15. The van der Waals surface area contributed by atoms with Gasteiger partial charge in [-0.15, -0.1) is 0 Å². The smallest absolute Gasteiger partial charge is 0.406 e. The first-order valence-corrected chi connectivity index (χ1v) is 31.1. The number of amides is 3. The minimum absolute atomic E-state index is 0.0196. The number of likely N-dealkylation sites (N-methyl/N-ethyl adjacent to an activating group) is 1. The molecule has 1 aromatic carbocycles. The molecule has 2 saturated carbocycles. The summed E-state index contributed by atoms with van der Waals surface area (Å²) in [5, 5.41) is 5.47. The van der Waals surface area contributed by atoms with Crippen molar-refractivity contribution in [2.75, 3.05) is 116 Å². The molecule has 2 N–H and O–H groups in total. The molecule has 22 heteroatoms. The van der Waals surface area contributed by atoms with Gasteiger partial charge in [0.05, 0.1) is 74.0 Å². The number of cyclic esters (lactones) is 1. The second-order valence-corrected chi connectivity index (χ2v) is 27.7. The number of methoxy groups -OCH3 is 1. The molecule has 19 nitrogen and oxygen atoms in total. The van der Waals surface area contributed by atoms with E-state index in [4.69, 9.17) is 23.9 Å². The second-order valence-electron chi connectivity index (χ2n) is 27.7. The Morgan fingerprint density at radius 2 is 1.68 bits per heavy atom. The Morgan fingerprint density at radius 1 is 0.917 bits per heavy atom. The number of carbonyl (C=O) groups is 4. The van der Waals surface area contributed by atoms with E-state index in [1.165, 1.54) is 17.4 Å². The molecule has 1 spiro atoms. The lowest BCUT2D eigenvalue weighted by Crippen LogP contribution is -2.72. The molecule has 3 amide bonds. The lowest BCUT2D eigenvalue weighted by atomic mass is 9.73. The van der Waals surface area contributed by atoms with Gasteiger partial charge in [-0.1, -0.05) is 27.7 Å². The first-order valence-electron chi connectivity index (χ1n) is 31.1. The zero-order chi connectivity index (χ0) is 58.7. The van der Waals surface area contributed by atoms with E-state index in [1.54, 1.807) is 18.2 Å². The van der Waals surface area contributed by atoms with Gasteiger partial charge in [0.15, 0.2) is 0 Å². The van der Waals surface area contributed by atoms with Crippen LogP contribution >= 0.6 is 0 Å². The van der Waals surface area contributed by atoms with Gasteiger partial charge in [-0.3, -0.25) is 43.9 Å². The monoisotopic (exact) mass is 1170 g/mol. The number of benzene rings is 1. The van der Waals surface area contributed by atoms with Crippen molar-refractivity contribution in [3.8, 4) is 11.3 Å². The van der Waals surface area contributed by atoms with Crippen LogP contribution in [0.3, 0.4) is 0 Å². The number of rotatable bonds is 12. The number of hydrogen-bond donors (Lipinski definition) is 2. The normalized spacial score (nSPS) is 32.1. The number of anilines is 2. The lowest BCUT2D eigenvalue weighted by molar-refractivity contribution is -0.171. The molecule has 14 rings (SSSR count). The topological polar surface area (TPSA) is 170 Å². The third-order valence-electron chi connectivity index (χ3n) is 20.8. The maximum absolute atomic E-state index is 15.3. The van der Waals surface area contributed by atoms with Crippen molar-refractivity contribution in [1.29, 1.82) is 0 Å². The van der Waals surface area contributed by atoms with Crippen LogP contribution < -0.4 is 20.5 Å². The van der Waals surface area contributed by atoms with Crippen LogP contribution in [0.25, 0.3) is 22.2 Å². The Balaban J connectivity index is 0.824. The summed E-state index contributed by atoms with van der Waals surface area (Å²) < 4.78 is 71.4. The van der Waals surface area contributed by atoms with E-state index in [0.717, 1.165) is 43.9 Å².